The summed E-state index contributed by atoms with van der Waals surface area (Å²) in [5.74, 6) is 1.19. The SMILES string of the molecule is COc1cc(OC)c(NC(=O)c2ccc(Sc3cc(C(C)(C)C)ccc3C)o2)c(OC)c1. The molecule has 7 heteroatoms. The smallest absolute Gasteiger partial charge is 0.291 e. The summed E-state index contributed by atoms with van der Waals surface area (Å²) in [5, 5.41) is 3.46. The molecule has 1 amide bonds. The second-order valence-corrected chi connectivity index (χ2v) is 9.36. The number of carbonyl (C=O) groups excluding carboxylic acids is 1. The van der Waals surface area contributed by atoms with Crippen molar-refractivity contribution in [3.63, 3.8) is 0 Å². The van der Waals surface area contributed by atoms with Crippen molar-refractivity contribution in [1.29, 1.82) is 0 Å². The molecule has 32 heavy (non-hydrogen) atoms. The molecule has 0 saturated heterocycles. The number of benzene rings is 2. The molecular formula is C25H29NO5S. The van der Waals surface area contributed by atoms with Crippen molar-refractivity contribution in [2.45, 2.75) is 43.1 Å². The van der Waals surface area contributed by atoms with Crippen molar-refractivity contribution in [3.05, 3.63) is 59.4 Å². The van der Waals surface area contributed by atoms with Crippen LogP contribution in [0.5, 0.6) is 17.2 Å². The van der Waals surface area contributed by atoms with Gasteiger partial charge in [-0.1, -0.05) is 44.7 Å². The number of rotatable bonds is 7. The van der Waals surface area contributed by atoms with E-state index in [0.29, 0.717) is 28.0 Å². The van der Waals surface area contributed by atoms with E-state index < -0.39 is 5.91 Å². The zero-order valence-corrected chi connectivity index (χ0v) is 20.3. The normalized spacial score (nSPS) is 11.2. The first kappa shape index (κ1) is 23.6. The van der Waals surface area contributed by atoms with E-state index in [1.165, 1.54) is 31.5 Å². The van der Waals surface area contributed by atoms with Crippen LogP contribution in [0.4, 0.5) is 5.69 Å². The molecule has 1 N–H and O–H groups in total. The zero-order valence-electron chi connectivity index (χ0n) is 19.5. The third kappa shape index (κ3) is 5.22. The highest BCUT2D eigenvalue weighted by molar-refractivity contribution is 7.99. The van der Waals surface area contributed by atoms with Crippen molar-refractivity contribution in [3.8, 4) is 17.2 Å². The maximum Gasteiger partial charge on any atom is 0.291 e. The third-order valence-corrected chi connectivity index (χ3v) is 6.10. The lowest BCUT2D eigenvalue weighted by Gasteiger charge is -2.20. The number of ether oxygens (including phenoxy) is 3. The number of amides is 1. The largest absolute Gasteiger partial charge is 0.496 e. The lowest BCUT2D eigenvalue weighted by Crippen LogP contribution is -2.13. The number of nitrogens with one attached hydrogen (secondary N) is 1. The third-order valence-electron chi connectivity index (χ3n) is 5.02. The van der Waals surface area contributed by atoms with Crippen molar-refractivity contribution < 1.29 is 23.4 Å². The van der Waals surface area contributed by atoms with Gasteiger partial charge >= 0.3 is 0 Å². The highest BCUT2D eigenvalue weighted by Crippen LogP contribution is 2.40. The molecule has 3 aromatic rings. The fraction of sp³-hybridized carbons (Fsp3) is 0.320. The van der Waals surface area contributed by atoms with Gasteiger partial charge in [0.1, 0.15) is 22.9 Å². The molecule has 1 aromatic heterocycles. The standard InChI is InChI=1S/C25H29NO5S/c1-15-8-9-16(25(2,3)4)12-21(15)32-22-11-10-18(31-22)24(27)26-23-19(29-6)13-17(28-5)14-20(23)30-7/h8-14H,1-7H3,(H,26,27). The van der Waals surface area contributed by atoms with Gasteiger partial charge in [0.05, 0.1) is 21.3 Å². The highest BCUT2D eigenvalue weighted by Gasteiger charge is 2.20. The first-order valence-corrected chi connectivity index (χ1v) is 11.0. The van der Waals surface area contributed by atoms with Crippen LogP contribution in [-0.4, -0.2) is 27.2 Å². The molecule has 0 spiro atoms. The number of aryl methyl sites for hydroxylation is 1. The Kier molecular flexibility index (Phi) is 7.09. The molecule has 0 aliphatic rings. The minimum Gasteiger partial charge on any atom is -0.496 e. The molecule has 0 fully saturated rings. The van der Waals surface area contributed by atoms with Gasteiger partial charge in [-0.3, -0.25) is 4.79 Å². The topological polar surface area (TPSA) is 69.9 Å². The van der Waals surface area contributed by atoms with Gasteiger partial charge in [-0.2, -0.15) is 0 Å². The Labute approximate surface area is 193 Å². The maximum absolute atomic E-state index is 12.9. The van der Waals surface area contributed by atoms with Crippen molar-refractivity contribution >= 4 is 23.4 Å². The number of hydrogen-bond acceptors (Lipinski definition) is 6. The molecule has 0 bridgehead atoms. The summed E-state index contributed by atoms with van der Waals surface area (Å²) >= 11 is 1.50. The number of hydrogen-bond donors (Lipinski definition) is 1. The molecule has 1 heterocycles. The van der Waals surface area contributed by atoms with Crippen molar-refractivity contribution in [1.82, 2.24) is 0 Å². The van der Waals surface area contributed by atoms with Gasteiger partial charge in [0.25, 0.3) is 5.91 Å². The van der Waals surface area contributed by atoms with Crippen LogP contribution >= 0.6 is 11.8 Å². The van der Waals surface area contributed by atoms with E-state index in [2.05, 4.69) is 51.2 Å². The lowest BCUT2D eigenvalue weighted by molar-refractivity contribution is 0.0991. The Morgan fingerprint density at radius 2 is 1.59 bits per heavy atom. The second-order valence-electron chi connectivity index (χ2n) is 8.31. The van der Waals surface area contributed by atoms with E-state index in [1.807, 2.05) is 0 Å². The van der Waals surface area contributed by atoms with Crippen LogP contribution in [0.2, 0.25) is 0 Å². The van der Waals surface area contributed by atoms with Crippen molar-refractivity contribution in [2.24, 2.45) is 0 Å². The second kappa shape index (κ2) is 9.61. The number of anilines is 1. The van der Waals surface area contributed by atoms with E-state index in [4.69, 9.17) is 18.6 Å². The fourth-order valence-electron chi connectivity index (χ4n) is 3.09. The Balaban J connectivity index is 1.82. The summed E-state index contributed by atoms with van der Waals surface area (Å²) in [4.78, 5) is 14.0. The number of methoxy groups -OCH3 is 3. The molecule has 0 aliphatic heterocycles. The molecule has 170 valence electrons. The summed E-state index contributed by atoms with van der Waals surface area (Å²) in [7, 11) is 4.58. The van der Waals surface area contributed by atoms with Gasteiger partial charge in [-0.25, -0.2) is 0 Å². The molecule has 2 aromatic carbocycles. The van der Waals surface area contributed by atoms with Crippen LogP contribution in [0.25, 0.3) is 0 Å². The maximum atomic E-state index is 12.9. The van der Waals surface area contributed by atoms with Crippen molar-refractivity contribution in [2.75, 3.05) is 26.6 Å². The van der Waals surface area contributed by atoms with E-state index in [1.54, 1.807) is 31.4 Å². The van der Waals surface area contributed by atoms with Gasteiger partial charge in [0, 0.05) is 17.0 Å². The number of furan rings is 1. The fourth-order valence-corrected chi connectivity index (χ4v) is 3.99. The monoisotopic (exact) mass is 455 g/mol. The van der Waals surface area contributed by atoms with E-state index in [9.17, 15) is 4.79 Å². The zero-order chi connectivity index (χ0) is 23.5. The Morgan fingerprint density at radius 3 is 2.16 bits per heavy atom. The molecular weight excluding hydrogens is 426 g/mol. The lowest BCUT2D eigenvalue weighted by atomic mass is 9.87. The predicted molar refractivity (Wildman–Crippen MR) is 127 cm³/mol. The molecule has 0 saturated carbocycles. The van der Waals surface area contributed by atoms with E-state index >= 15 is 0 Å². The average Bonchev–Trinajstić information content (AvgIpc) is 3.23. The van der Waals surface area contributed by atoms with Gasteiger partial charge in [-0.05, 0) is 41.7 Å². The minimum atomic E-state index is -0.404. The minimum absolute atomic E-state index is 0.0493. The van der Waals surface area contributed by atoms with Gasteiger partial charge in [0.15, 0.2) is 10.9 Å². The molecule has 6 nitrogen and oxygen atoms in total. The highest BCUT2D eigenvalue weighted by atomic mass is 32.2. The van der Waals surface area contributed by atoms with Crippen LogP contribution in [-0.2, 0) is 5.41 Å². The van der Waals surface area contributed by atoms with E-state index in [-0.39, 0.29) is 11.2 Å². The Bertz CT molecular complexity index is 1090. The van der Waals surface area contributed by atoms with Gasteiger partial charge < -0.3 is 23.9 Å². The van der Waals surface area contributed by atoms with Gasteiger partial charge in [-0.15, -0.1) is 0 Å². The summed E-state index contributed by atoms with van der Waals surface area (Å²) in [6, 6.07) is 13.2. The quantitative estimate of drug-likeness (QED) is 0.450. The van der Waals surface area contributed by atoms with Crippen LogP contribution in [0.3, 0.4) is 0 Å². The first-order chi connectivity index (χ1) is 15.2. The summed E-state index contributed by atoms with van der Waals surface area (Å²) in [6.07, 6.45) is 0. The summed E-state index contributed by atoms with van der Waals surface area (Å²) in [5.41, 5.74) is 2.85. The van der Waals surface area contributed by atoms with Gasteiger partial charge in [0.2, 0.25) is 0 Å². The number of carbonyl (C=O) groups is 1. The predicted octanol–water partition coefficient (Wildman–Crippen LogP) is 6.31. The first-order valence-electron chi connectivity index (χ1n) is 10.2. The average molecular weight is 456 g/mol. The van der Waals surface area contributed by atoms with Crippen LogP contribution < -0.4 is 19.5 Å². The summed E-state index contributed by atoms with van der Waals surface area (Å²) < 4.78 is 21.9. The molecule has 0 unspecified atom stereocenters. The molecule has 0 atom stereocenters. The Morgan fingerprint density at radius 1 is 0.938 bits per heavy atom. The van der Waals surface area contributed by atoms with Crippen LogP contribution in [0.1, 0.15) is 42.5 Å². The molecule has 3 rings (SSSR count). The van der Waals surface area contributed by atoms with E-state index in [0.717, 1.165) is 10.5 Å². The van der Waals surface area contributed by atoms with Crippen LogP contribution in [0.15, 0.2) is 56.9 Å². The van der Waals surface area contributed by atoms with Crippen LogP contribution in [0, 0.1) is 6.92 Å². The molecule has 0 radical (unpaired) electrons. The summed E-state index contributed by atoms with van der Waals surface area (Å²) in [6.45, 7) is 8.61. The Hall–Kier alpha value is -3.06. The molecule has 0 aliphatic carbocycles.